The Kier molecular flexibility index (Phi) is 5.62. The van der Waals surface area contributed by atoms with Gasteiger partial charge in [0.1, 0.15) is 6.04 Å². The maximum absolute atomic E-state index is 11.5. The van der Waals surface area contributed by atoms with Gasteiger partial charge in [0.15, 0.2) is 0 Å². The molecule has 1 rings (SSSR count). The smallest absolute Gasteiger partial charge is 0.322 e. The van der Waals surface area contributed by atoms with Gasteiger partial charge in [-0.2, -0.15) is 0 Å². The molecule has 0 aliphatic rings. The first-order valence-corrected chi connectivity index (χ1v) is 6.70. The van der Waals surface area contributed by atoms with Gasteiger partial charge < -0.3 is 15.8 Å². The molecule has 1 aromatic rings. The summed E-state index contributed by atoms with van der Waals surface area (Å²) < 4.78 is 5.95. The first-order chi connectivity index (χ1) is 8.47. The Labute approximate surface area is 116 Å². The van der Waals surface area contributed by atoms with E-state index in [-0.39, 0.29) is 12.0 Å². The standard InChI is InChI=1S/C13H19BrN2O2/c1-4-18-13(17)9(3)16-7-10-8(2)11(14)5-6-12(10)15/h5-6,9,16H,4,7,15H2,1-3H3. The fourth-order valence-electron chi connectivity index (χ4n) is 1.59. The molecule has 0 amide bonds. The predicted octanol–water partition coefficient (Wildman–Crippen LogP) is 2.38. The predicted molar refractivity (Wildman–Crippen MR) is 76.2 cm³/mol. The molecule has 0 bridgehead atoms. The van der Waals surface area contributed by atoms with E-state index in [2.05, 4.69) is 21.2 Å². The number of hydrogen-bond donors (Lipinski definition) is 2. The number of esters is 1. The number of anilines is 1. The van der Waals surface area contributed by atoms with Crippen molar-refractivity contribution in [1.82, 2.24) is 5.32 Å². The van der Waals surface area contributed by atoms with Crippen LogP contribution in [0.4, 0.5) is 5.69 Å². The topological polar surface area (TPSA) is 64.3 Å². The van der Waals surface area contributed by atoms with Gasteiger partial charge in [0.25, 0.3) is 0 Å². The lowest BCUT2D eigenvalue weighted by Gasteiger charge is -2.16. The largest absolute Gasteiger partial charge is 0.465 e. The van der Waals surface area contributed by atoms with Crippen molar-refractivity contribution < 1.29 is 9.53 Å². The van der Waals surface area contributed by atoms with E-state index in [1.54, 1.807) is 13.8 Å². The Morgan fingerprint density at radius 1 is 1.56 bits per heavy atom. The zero-order chi connectivity index (χ0) is 13.7. The summed E-state index contributed by atoms with van der Waals surface area (Å²) in [6, 6.07) is 3.43. The maximum Gasteiger partial charge on any atom is 0.322 e. The minimum atomic E-state index is -0.345. The van der Waals surface area contributed by atoms with Crippen molar-refractivity contribution in [2.75, 3.05) is 12.3 Å². The lowest BCUT2D eigenvalue weighted by Crippen LogP contribution is -2.35. The molecule has 3 N–H and O–H groups in total. The summed E-state index contributed by atoms with van der Waals surface area (Å²) in [6.45, 7) is 6.50. The van der Waals surface area contributed by atoms with Gasteiger partial charge in [0.2, 0.25) is 0 Å². The molecule has 0 saturated carbocycles. The third-order valence-corrected chi connectivity index (χ3v) is 3.65. The molecule has 1 unspecified atom stereocenters. The second-order valence-electron chi connectivity index (χ2n) is 4.09. The van der Waals surface area contributed by atoms with Crippen LogP contribution in [0.15, 0.2) is 16.6 Å². The SMILES string of the molecule is CCOC(=O)C(C)NCc1c(N)ccc(Br)c1C. The Morgan fingerprint density at radius 2 is 2.22 bits per heavy atom. The highest BCUT2D eigenvalue weighted by Gasteiger charge is 2.14. The minimum Gasteiger partial charge on any atom is -0.465 e. The summed E-state index contributed by atoms with van der Waals surface area (Å²) >= 11 is 3.47. The number of nitrogen functional groups attached to an aromatic ring is 1. The summed E-state index contributed by atoms with van der Waals surface area (Å²) in [6.07, 6.45) is 0. The number of benzene rings is 1. The van der Waals surface area contributed by atoms with Crippen molar-refractivity contribution in [2.24, 2.45) is 0 Å². The molecule has 1 atom stereocenters. The van der Waals surface area contributed by atoms with Crippen molar-refractivity contribution in [2.45, 2.75) is 33.4 Å². The van der Waals surface area contributed by atoms with Gasteiger partial charge in [-0.1, -0.05) is 15.9 Å². The van der Waals surface area contributed by atoms with Crippen LogP contribution in [-0.2, 0) is 16.1 Å². The van der Waals surface area contributed by atoms with Crippen molar-refractivity contribution in [3.63, 3.8) is 0 Å². The summed E-state index contributed by atoms with van der Waals surface area (Å²) in [5, 5.41) is 3.12. The normalized spacial score (nSPS) is 12.2. The van der Waals surface area contributed by atoms with E-state index in [1.807, 2.05) is 19.1 Å². The molecule has 0 heterocycles. The number of carbonyl (C=O) groups excluding carboxylic acids is 1. The zero-order valence-electron chi connectivity index (χ0n) is 10.9. The van der Waals surface area contributed by atoms with E-state index >= 15 is 0 Å². The highest BCUT2D eigenvalue weighted by Crippen LogP contribution is 2.24. The highest BCUT2D eigenvalue weighted by molar-refractivity contribution is 9.10. The van der Waals surface area contributed by atoms with Crippen molar-refractivity contribution in [3.8, 4) is 0 Å². The average molecular weight is 315 g/mol. The molecular formula is C13H19BrN2O2. The molecule has 100 valence electrons. The number of halogens is 1. The third kappa shape index (κ3) is 3.71. The van der Waals surface area contributed by atoms with Gasteiger partial charge in [0.05, 0.1) is 6.61 Å². The first-order valence-electron chi connectivity index (χ1n) is 5.90. The monoisotopic (exact) mass is 314 g/mol. The van der Waals surface area contributed by atoms with Crippen molar-refractivity contribution >= 4 is 27.6 Å². The van der Waals surface area contributed by atoms with Crippen molar-refractivity contribution in [1.29, 1.82) is 0 Å². The molecule has 0 aliphatic carbocycles. The fraction of sp³-hybridized carbons (Fsp3) is 0.462. The molecule has 4 nitrogen and oxygen atoms in total. The fourth-order valence-corrected chi connectivity index (χ4v) is 1.96. The molecule has 18 heavy (non-hydrogen) atoms. The van der Waals surface area contributed by atoms with Crippen LogP contribution < -0.4 is 11.1 Å². The number of nitrogens with one attached hydrogen (secondary N) is 1. The molecule has 0 radical (unpaired) electrons. The van der Waals surface area contributed by atoms with Gasteiger partial charge in [0, 0.05) is 16.7 Å². The van der Waals surface area contributed by atoms with Gasteiger partial charge in [-0.15, -0.1) is 0 Å². The molecule has 0 fully saturated rings. The van der Waals surface area contributed by atoms with Crippen LogP contribution in [0.25, 0.3) is 0 Å². The van der Waals surface area contributed by atoms with Crippen LogP contribution in [0, 0.1) is 6.92 Å². The van der Waals surface area contributed by atoms with E-state index in [1.165, 1.54) is 0 Å². The van der Waals surface area contributed by atoms with Crippen LogP contribution in [0.5, 0.6) is 0 Å². The van der Waals surface area contributed by atoms with Crippen molar-refractivity contribution in [3.05, 3.63) is 27.7 Å². The van der Waals surface area contributed by atoms with E-state index in [0.717, 1.165) is 21.3 Å². The van der Waals surface area contributed by atoms with E-state index < -0.39 is 0 Å². The van der Waals surface area contributed by atoms with E-state index in [0.29, 0.717) is 13.2 Å². The minimum absolute atomic E-state index is 0.247. The van der Waals surface area contributed by atoms with Crippen LogP contribution in [0.1, 0.15) is 25.0 Å². The molecular weight excluding hydrogens is 296 g/mol. The molecule has 0 saturated heterocycles. The zero-order valence-corrected chi connectivity index (χ0v) is 12.5. The van der Waals surface area contributed by atoms with Crippen LogP contribution >= 0.6 is 15.9 Å². The highest BCUT2D eigenvalue weighted by atomic mass is 79.9. The second kappa shape index (κ2) is 6.75. The van der Waals surface area contributed by atoms with Crippen LogP contribution in [0.3, 0.4) is 0 Å². The first kappa shape index (κ1) is 15.0. The summed E-state index contributed by atoms with van der Waals surface area (Å²) in [7, 11) is 0. The lowest BCUT2D eigenvalue weighted by molar-refractivity contribution is -0.145. The van der Waals surface area contributed by atoms with Gasteiger partial charge in [-0.25, -0.2) is 0 Å². The number of rotatable bonds is 5. The summed E-state index contributed by atoms with van der Waals surface area (Å²) in [5.41, 5.74) is 8.74. The molecule has 5 heteroatoms. The van der Waals surface area contributed by atoms with E-state index in [4.69, 9.17) is 10.5 Å². The Balaban J connectivity index is 2.69. The average Bonchev–Trinajstić information content (AvgIpc) is 2.34. The Bertz CT molecular complexity index is 435. The third-order valence-electron chi connectivity index (χ3n) is 2.79. The quantitative estimate of drug-likeness (QED) is 0.647. The molecule has 0 aliphatic heterocycles. The number of carbonyl (C=O) groups is 1. The molecule has 1 aromatic carbocycles. The number of nitrogens with two attached hydrogens (primary N) is 1. The van der Waals surface area contributed by atoms with Crippen LogP contribution in [0.2, 0.25) is 0 Å². The van der Waals surface area contributed by atoms with Gasteiger partial charge in [-0.05, 0) is 44.0 Å². The summed E-state index contributed by atoms with van der Waals surface area (Å²) in [5.74, 6) is -0.247. The van der Waals surface area contributed by atoms with E-state index in [9.17, 15) is 4.79 Å². The van der Waals surface area contributed by atoms with Gasteiger partial charge in [-0.3, -0.25) is 4.79 Å². The van der Waals surface area contributed by atoms with Gasteiger partial charge >= 0.3 is 5.97 Å². The number of ether oxygens (including phenoxy) is 1. The number of hydrogen-bond acceptors (Lipinski definition) is 4. The summed E-state index contributed by atoms with van der Waals surface area (Å²) in [4.78, 5) is 11.5. The maximum atomic E-state index is 11.5. The molecule has 0 aromatic heterocycles. The lowest BCUT2D eigenvalue weighted by atomic mass is 10.1. The van der Waals surface area contributed by atoms with Crippen LogP contribution in [-0.4, -0.2) is 18.6 Å². The Hall–Kier alpha value is -1.07. The molecule has 0 spiro atoms. The Morgan fingerprint density at radius 3 is 2.83 bits per heavy atom. The second-order valence-corrected chi connectivity index (χ2v) is 4.95.